The number of carboxylic acid groups (broad SMARTS) is 1. The number of fused-ring (bicyclic) bond motifs is 1. The number of anilines is 3. The lowest BCUT2D eigenvalue weighted by atomic mass is 9.93. The molecule has 1 unspecified atom stereocenters. The van der Waals surface area contributed by atoms with Crippen molar-refractivity contribution in [2.45, 2.75) is 18.9 Å². The molecule has 1 aromatic carbocycles. The molecule has 0 saturated heterocycles. The summed E-state index contributed by atoms with van der Waals surface area (Å²) in [5.74, 6) is 0.325. The summed E-state index contributed by atoms with van der Waals surface area (Å²) in [6.07, 6.45) is 2.07. The molecule has 0 aliphatic carbocycles. The van der Waals surface area contributed by atoms with E-state index in [1.807, 2.05) is 6.07 Å². The maximum Gasteiger partial charge on any atom is 0.303 e. The molecule has 13 heteroatoms. The van der Waals surface area contributed by atoms with Crippen molar-refractivity contribution in [2.24, 2.45) is 4.99 Å². The van der Waals surface area contributed by atoms with Crippen LogP contribution in [0.3, 0.4) is 0 Å². The zero-order chi connectivity index (χ0) is 24.8. The lowest BCUT2D eigenvalue weighted by Crippen LogP contribution is -2.33. The van der Waals surface area contributed by atoms with Crippen LogP contribution in [0.4, 0.5) is 17.3 Å². The number of benzene rings is 1. The Kier molecular flexibility index (Phi) is 7.08. The molecule has 0 fully saturated rings. The monoisotopic (exact) mass is 466 g/mol. The normalized spacial score (nSPS) is 13.9. The van der Waals surface area contributed by atoms with E-state index in [-0.39, 0.29) is 41.9 Å². The molecular weight excluding hydrogens is 444 g/mol. The highest BCUT2D eigenvalue weighted by Gasteiger charge is 2.34. The molecule has 176 valence electrons. The Hall–Kier alpha value is -4.91. The van der Waals surface area contributed by atoms with Crippen molar-refractivity contribution in [3.8, 4) is 29.5 Å². The second-order valence-electron chi connectivity index (χ2n) is 6.99. The number of guanidine groups is 1. The van der Waals surface area contributed by atoms with E-state index < -0.39 is 12.0 Å². The van der Waals surface area contributed by atoms with Crippen LogP contribution in [0.1, 0.15) is 35.6 Å². The van der Waals surface area contributed by atoms with E-state index in [0.29, 0.717) is 34.8 Å². The second kappa shape index (κ2) is 10.1. The zero-order valence-corrected chi connectivity index (χ0v) is 18.4. The third-order valence-electron chi connectivity index (χ3n) is 4.95. The van der Waals surface area contributed by atoms with Crippen molar-refractivity contribution < 1.29 is 24.1 Å². The number of aliphatic carboxylic acids is 1. The van der Waals surface area contributed by atoms with E-state index >= 15 is 0 Å². The first-order chi connectivity index (χ1) is 16.3. The lowest BCUT2D eigenvalue weighted by molar-refractivity contribution is -0.137. The number of aromatic nitrogens is 1. The van der Waals surface area contributed by atoms with E-state index in [1.54, 1.807) is 18.3 Å². The summed E-state index contributed by atoms with van der Waals surface area (Å²) in [6, 6.07) is 4.25. The van der Waals surface area contributed by atoms with Gasteiger partial charge < -0.3 is 36.1 Å². The molecule has 1 aliphatic heterocycles. The number of ether oxygens (including phenoxy) is 3. The van der Waals surface area contributed by atoms with E-state index in [4.69, 9.17) is 36.0 Å². The Morgan fingerprint density at radius 1 is 1.24 bits per heavy atom. The van der Waals surface area contributed by atoms with Crippen molar-refractivity contribution in [2.75, 3.05) is 37.6 Å². The molecule has 7 N–H and O–H groups in total. The van der Waals surface area contributed by atoms with Crippen LogP contribution in [0.15, 0.2) is 17.1 Å². The first-order valence-electron chi connectivity index (χ1n) is 9.93. The molecule has 0 amide bonds. The highest BCUT2D eigenvalue weighted by atomic mass is 16.5. The van der Waals surface area contributed by atoms with Gasteiger partial charge in [-0.25, -0.2) is 9.98 Å². The standard InChI is InChI=1S/C21H22N8O5/c1-32-12-6-10(34-5-3-4-14(30)31)7-13(33-2)15(12)18-16-17(24)11(8-22)19(25)28-20(16)29-21(27-18)26-9-23/h6-7,18H,3-5H2,1-2H3,(H,30,31)(H6,24,25,26,27,28,29). The van der Waals surface area contributed by atoms with Gasteiger partial charge in [0.15, 0.2) is 6.19 Å². The Labute approximate surface area is 194 Å². The number of nitrogens with one attached hydrogen (secondary N) is 2. The smallest absolute Gasteiger partial charge is 0.303 e. The molecule has 0 bridgehead atoms. The van der Waals surface area contributed by atoms with Crippen LogP contribution >= 0.6 is 0 Å². The number of aliphatic imine (C=N–C) groups is 1. The summed E-state index contributed by atoms with van der Waals surface area (Å²) < 4.78 is 16.8. The van der Waals surface area contributed by atoms with E-state index in [9.17, 15) is 10.1 Å². The number of rotatable bonds is 8. The van der Waals surface area contributed by atoms with Crippen LogP contribution in [0.25, 0.3) is 0 Å². The molecule has 13 nitrogen and oxygen atoms in total. The molecule has 3 rings (SSSR count). The average molecular weight is 466 g/mol. The highest BCUT2D eigenvalue weighted by molar-refractivity contribution is 5.98. The SMILES string of the molecule is COc1cc(OCCCC(=O)O)cc(OC)c1C1N=C(NC#N)Nc2nc(N)c(C#N)c(N)c21. The summed E-state index contributed by atoms with van der Waals surface area (Å²) in [6.45, 7) is 0.171. The highest BCUT2D eigenvalue weighted by Crippen LogP contribution is 2.47. The third-order valence-corrected chi connectivity index (χ3v) is 4.95. The van der Waals surface area contributed by atoms with Gasteiger partial charge in [0.25, 0.3) is 0 Å². The average Bonchev–Trinajstić information content (AvgIpc) is 2.80. The summed E-state index contributed by atoms with van der Waals surface area (Å²) in [4.78, 5) is 19.5. The van der Waals surface area contributed by atoms with Crippen molar-refractivity contribution in [3.05, 3.63) is 28.8 Å². The number of nitrogens with two attached hydrogens (primary N) is 2. The van der Waals surface area contributed by atoms with Crippen molar-refractivity contribution in [1.29, 1.82) is 10.5 Å². The van der Waals surface area contributed by atoms with Crippen LogP contribution in [-0.4, -0.2) is 42.8 Å². The molecule has 0 radical (unpaired) electrons. The van der Waals surface area contributed by atoms with Gasteiger partial charge in [-0.15, -0.1) is 0 Å². The summed E-state index contributed by atoms with van der Waals surface area (Å²) in [7, 11) is 2.88. The number of carboxylic acids is 1. The number of nitrogens with zero attached hydrogens (tertiary/aromatic N) is 4. The third kappa shape index (κ3) is 4.63. The minimum absolute atomic E-state index is 0.00578. The Morgan fingerprint density at radius 2 is 1.91 bits per heavy atom. The van der Waals surface area contributed by atoms with Gasteiger partial charge in [0.1, 0.15) is 46.6 Å². The fourth-order valence-electron chi connectivity index (χ4n) is 3.47. The molecule has 2 aromatic rings. The number of nitriles is 2. The van der Waals surface area contributed by atoms with Crippen LogP contribution in [0.2, 0.25) is 0 Å². The maximum atomic E-state index is 10.7. The first-order valence-corrected chi connectivity index (χ1v) is 9.93. The molecule has 0 spiro atoms. The van der Waals surface area contributed by atoms with Crippen molar-refractivity contribution >= 4 is 29.3 Å². The van der Waals surface area contributed by atoms with Gasteiger partial charge in [0.2, 0.25) is 5.96 Å². The van der Waals surface area contributed by atoms with E-state index in [2.05, 4.69) is 20.6 Å². The Bertz CT molecular complexity index is 1210. The fourth-order valence-corrected chi connectivity index (χ4v) is 3.47. The van der Waals surface area contributed by atoms with Crippen LogP contribution in [0.5, 0.6) is 17.2 Å². The maximum absolute atomic E-state index is 10.7. The minimum Gasteiger partial charge on any atom is -0.496 e. The van der Waals surface area contributed by atoms with Gasteiger partial charge in [0, 0.05) is 24.1 Å². The van der Waals surface area contributed by atoms with Crippen LogP contribution in [0, 0.1) is 22.8 Å². The predicted molar refractivity (Wildman–Crippen MR) is 121 cm³/mol. The summed E-state index contributed by atoms with van der Waals surface area (Å²) >= 11 is 0. The van der Waals surface area contributed by atoms with Gasteiger partial charge in [-0.2, -0.15) is 10.5 Å². The molecule has 34 heavy (non-hydrogen) atoms. The van der Waals surface area contributed by atoms with Gasteiger partial charge in [-0.3, -0.25) is 10.1 Å². The summed E-state index contributed by atoms with van der Waals surface area (Å²) in [5.41, 5.74) is 13.0. The predicted octanol–water partition coefficient (Wildman–Crippen LogP) is 1.32. The minimum atomic E-state index is -0.915. The van der Waals surface area contributed by atoms with Gasteiger partial charge in [-0.05, 0) is 6.42 Å². The largest absolute Gasteiger partial charge is 0.496 e. The number of pyridine rings is 1. The molecule has 1 aromatic heterocycles. The lowest BCUT2D eigenvalue weighted by Gasteiger charge is -2.28. The van der Waals surface area contributed by atoms with Gasteiger partial charge >= 0.3 is 5.97 Å². The topological polar surface area (TPSA) is 214 Å². The number of carbonyl (C=O) groups is 1. The number of methoxy groups -OCH3 is 2. The second-order valence-corrected chi connectivity index (χ2v) is 6.99. The van der Waals surface area contributed by atoms with E-state index in [0.717, 1.165) is 0 Å². The van der Waals surface area contributed by atoms with Crippen molar-refractivity contribution in [1.82, 2.24) is 10.3 Å². The molecule has 1 atom stereocenters. The first kappa shape index (κ1) is 23.7. The molecule has 1 aliphatic rings. The zero-order valence-electron chi connectivity index (χ0n) is 18.4. The molecular formula is C21H22N8O5. The fraction of sp³-hybridized carbons (Fsp3) is 0.286. The van der Waals surface area contributed by atoms with Crippen LogP contribution < -0.4 is 36.3 Å². The van der Waals surface area contributed by atoms with Crippen molar-refractivity contribution in [3.63, 3.8) is 0 Å². The van der Waals surface area contributed by atoms with E-state index in [1.165, 1.54) is 14.2 Å². The number of nitrogen functional groups attached to an aromatic ring is 2. The Balaban J connectivity index is 2.15. The van der Waals surface area contributed by atoms with Gasteiger partial charge in [0.05, 0.1) is 32.1 Å². The quantitative estimate of drug-likeness (QED) is 0.211. The molecule has 2 heterocycles. The molecule has 0 saturated carbocycles. The number of hydrogen-bond donors (Lipinski definition) is 5. The Morgan fingerprint density at radius 3 is 2.47 bits per heavy atom. The van der Waals surface area contributed by atoms with Gasteiger partial charge in [-0.1, -0.05) is 0 Å². The van der Waals surface area contributed by atoms with Crippen LogP contribution in [-0.2, 0) is 4.79 Å². The number of hydrogen-bond acceptors (Lipinski definition) is 12. The summed E-state index contributed by atoms with van der Waals surface area (Å²) in [5, 5.41) is 32.7.